The topological polar surface area (TPSA) is 65.2 Å². The lowest BCUT2D eigenvalue weighted by molar-refractivity contribution is -0.129. The smallest absolute Gasteiger partial charge is 0.142 e. The van der Waals surface area contributed by atoms with Crippen LogP contribution in [0.2, 0.25) is 0 Å². The predicted molar refractivity (Wildman–Crippen MR) is 102 cm³/mol. The van der Waals surface area contributed by atoms with Gasteiger partial charge in [0.25, 0.3) is 0 Å². The molecule has 1 saturated carbocycles. The molecular weight excluding hydrogens is 312 g/mol. The van der Waals surface area contributed by atoms with Crippen molar-refractivity contribution in [1.82, 2.24) is 4.98 Å². The van der Waals surface area contributed by atoms with Crippen LogP contribution < -0.4 is 10.5 Å². The summed E-state index contributed by atoms with van der Waals surface area (Å²) < 4.78 is 6.05. The van der Waals surface area contributed by atoms with Crippen LogP contribution in [0.3, 0.4) is 0 Å². The maximum atomic E-state index is 12.7. The van der Waals surface area contributed by atoms with Crippen molar-refractivity contribution in [3.05, 3.63) is 30.0 Å². The molecule has 0 unspecified atom stereocenters. The molecule has 1 aromatic heterocycles. The first-order chi connectivity index (χ1) is 11.9. The number of hydrogen-bond acceptors (Lipinski definition) is 4. The molecular formula is C21H28N2O2. The number of ketones is 1. The summed E-state index contributed by atoms with van der Waals surface area (Å²) in [6.45, 7) is 6.22. The first-order valence-corrected chi connectivity index (χ1v) is 9.19. The minimum absolute atomic E-state index is 0.293. The number of aryl methyl sites for hydroxylation is 1. The van der Waals surface area contributed by atoms with Crippen molar-refractivity contribution in [2.45, 2.75) is 52.9 Å². The molecule has 0 bridgehead atoms. The summed E-state index contributed by atoms with van der Waals surface area (Å²) in [6.07, 6.45) is 5.57. The maximum Gasteiger partial charge on any atom is 0.142 e. The van der Waals surface area contributed by atoms with Crippen LogP contribution in [-0.2, 0) is 4.79 Å². The van der Waals surface area contributed by atoms with E-state index >= 15 is 0 Å². The molecule has 1 fully saturated rings. The Morgan fingerprint density at radius 3 is 2.76 bits per heavy atom. The number of fused-ring (bicyclic) bond motifs is 1. The van der Waals surface area contributed by atoms with Gasteiger partial charge >= 0.3 is 0 Å². The van der Waals surface area contributed by atoms with Crippen molar-refractivity contribution in [2.75, 3.05) is 12.3 Å². The summed E-state index contributed by atoms with van der Waals surface area (Å²) in [4.78, 5) is 17.2. The second-order valence-corrected chi connectivity index (χ2v) is 7.95. The summed E-state index contributed by atoms with van der Waals surface area (Å²) in [6, 6.07) is 7.59. The van der Waals surface area contributed by atoms with Crippen molar-refractivity contribution >= 4 is 22.4 Å². The van der Waals surface area contributed by atoms with E-state index in [1.807, 2.05) is 45.0 Å². The van der Waals surface area contributed by atoms with Gasteiger partial charge in [0.2, 0.25) is 0 Å². The largest absolute Gasteiger partial charge is 0.492 e. The van der Waals surface area contributed by atoms with Gasteiger partial charge in [-0.1, -0.05) is 31.7 Å². The molecule has 2 aromatic rings. The third-order valence-corrected chi connectivity index (χ3v) is 5.25. The SMILES string of the molecule is Cc1cc(N)c2c(OCC(C)(C)C(=O)CC3CCCC3)cccc2n1. The van der Waals surface area contributed by atoms with Gasteiger partial charge in [0, 0.05) is 17.8 Å². The molecule has 1 aliphatic rings. The molecule has 1 aliphatic carbocycles. The van der Waals surface area contributed by atoms with Crippen molar-refractivity contribution in [2.24, 2.45) is 11.3 Å². The number of ether oxygens (including phenoxy) is 1. The van der Waals surface area contributed by atoms with Gasteiger partial charge in [-0.2, -0.15) is 0 Å². The summed E-state index contributed by atoms with van der Waals surface area (Å²) in [7, 11) is 0. The number of benzene rings is 1. The van der Waals surface area contributed by atoms with Crippen molar-refractivity contribution in [1.29, 1.82) is 0 Å². The standard InChI is InChI=1S/C21H28N2O2/c1-14-11-16(22)20-17(23-14)9-6-10-18(20)25-13-21(2,3)19(24)12-15-7-4-5-8-15/h6,9-11,15H,4-5,7-8,12-13H2,1-3H3,(H2,22,23). The predicted octanol–water partition coefficient (Wildman–Crippen LogP) is 4.68. The number of hydrogen-bond donors (Lipinski definition) is 1. The summed E-state index contributed by atoms with van der Waals surface area (Å²) in [5.41, 5.74) is 8.04. The van der Waals surface area contributed by atoms with Crippen LogP contribution in [0, 0.1) is 18.3 Å². The second kappa shape index (κ2) is 7.03. The van der Waals surface area contributed by atoms with E-state index in [1.165, 1.54) is 25.7 Å². The third kappa shape index (κ3) is 3.94. The number of Topliss-reactive ketones (excluding diaryl/α,β-unsaturated/α-hetero) is 1. The van der Waals surface area contributed by atoms with Gasteiger partial charge < -0.3 is 10.5 Å². The maximum absolute atomic E-state index is 12.7. The molecule has 4 nitrogen and oxygen atoms in total. The van der Waals surface area contributed by atoms with E-state index in [1.54, 1.807) is 0 Å². The highest BCUT2D eigenvalue weighted by Gasteiger charge is 2.31. The van der Waals surface area contributed by atoms with E-state index in [-0.39, 0.29) is 0 Å². The van der Waals surface area contributed by atoms with Crippen molar-refractivity contribution in [3.63, 3.8) is 0 Å². The molecule has 0 aliphatic heterocycles. The summed E-state index contributed by atoms with van der Waals surface area (Å²) >= 11 is 0. The fourth-order valence-corrected chi connectivity index (χ4v) is 3.63. The Bertz CT molecular complexity index is 777. The number of pyridine rings is 1. The Balaban J connectivity index is 1.74. The molecule has 0 amide bonds. The van der Waals surface area contributed by atoms with Gasteiger partial charge in [0.05, 0.1) is 16.3 Å². The first kappa shape index (κ1) is 17.7. The summed E-state index contributed by atoms with van der Waals surface area (Å²) in [5.74, 6) is 1.55. The average molecular weight is 340 g/mol. The number of rotatable bonds is 6. The Morgan fingerprint density at radius 2 is 2.04 bits per heavy atom. The lowest BCUT2D eigenvalue weighted by Crippen LogP contribution is -2.32. The molecule has 0 spiro atoms. The van der Waals surface area contributed by atoms with Crippen LogP contribution in [0.25, 0.3) is 10.9 Å². The van der Waals surface area contributed by atoms with Crippen LogP contribution in [-0.4, -0.2) is 17.4 Å². The minimum Gasteiger partial charge on any atom is -0.492 e. The molecule has 0 saturated heterocycles. The fraction of sp³-hybridized carbons (Fsp3) is 0.524. The van der Waals surface area contributed by atoms with Gasteiger partial charge in [-0.05, 0) is 44.9 Å². The molecule has 25 heavy (non-hydrogen) atoms. The quantitative estimate of drug-likeness (QED) is 0.829. The molecule has 134 valence electrons. The highest BCUT2D eigenvalue weighted by Crippen LogP contribution is 2.34. The minimum atomic E-state index is -0.502. The molecule has 1 heterocycles. The zero-order chi connectivity index (χ0) is 18.0. The molecule has 0 radical (unpaired) electrons. The Labute approximate surface area is 149 Å². The third-order valence-electron chi connectivity index (χ3n) is 5.25. The van der Waals surface area contributed by atoms with E-state index in [4.69, 9.17) is 10.5 Å². The Morgan fingerprint density at radius 1 is 1.32 bits per heavy atom. The van der Waals surface area contributed by atoms with E-state index in [0.29, 0.717) is 36.2 Å². The molecule has 0 atom stereocenters. The lowest BCUT2D eigenvalue weighted by Gasteiger charge is -2.25. The molecule has 3 rings (SSSR count). The number of nitrogens with zero attached hydrogens (tertiary/aromatic N) is 1. The van der Waals surface area contributed by atoms with Gasteiger partial charge in [-0.25, -0.2) is 0 Å². The average Bonchev–Trinajstić information content (AvgIpc) is 3.05. The number of aromatic nitrogens is 1. The van der Waals surface area contributed by atoms with E-state index in [0.717, 1.165) is 16.6 Å². The summed E-state index contributed by atoms with van der Waals surface area (Å²) in [5, 5.41) is 0.826. The number of nitrogen functional groups attached to an aromatic ring is 1. The number of nitrogens with two attached hydrogens (primary N) is 1. The Kier molecular flexibility index (Phi) is 4.98. The van der Waals surface area contributed by atoms with Crippen molar-refractivity contribution in [3.8, 4) is 5.75 Å². The normalized spacial score (nSPS) is 15.6. The highest BCUT2D eigenvalue weighted by molar-refractivity contribution is 5.95. The van der Waals surface area contributed by atoms with E-state index in [9.17, 15) is 4.79 Å². The molecule has 1 aromatic carbocycles. The van der Waals surface area contributed by atoms with Gasteiger partial charge in [-0.3, -0.25) is 9.78 Å². The van der Waals surface area contributed by atoms with Gasteiger partial charge in [-0.15, -0.1) is 0 Å². The van der Waals surface area contributed by atoms with Gasteiger partial charge in [0.1, 0.15) is 18.1 Å². The molecule has 2 N–H and O–H groups in total. The lowest BCUT2D eigenvalue weighted by atomic mass is 9.83. The van der Waals surface area contributed by atoms with Crippen LogP contribution in [0.15, 0.2) is 24.3 Å². The van der Waals surface area contributed by atoms with Crippen molar-refractivity contribution < 1.29 is 9.53 Å². The molecule has 4 heteroatoms. The van der Waals surface area contributed by atoms with Gasteiger partial charge in [0.15, 0.2) is 0 Å². The van der Waals surface area contributed by atoms with Crippen LogP contribution in [0.1, 0.15) is 51.6 Å². The Hall–Kier alpha value is -2.10. The van der Waals surface area contributed by atoms with E-state index in [2.05, 4.69) is 4.98 Å². The number of carbonyl (C=O) groups excluding carboxylic acids is 1. The van der Waals surface area contributed by atoms with E-state index < -0.39 is 5.41 Å². The zero-order valence-electron chi connectivity index (χ0n) is 15.5. The van der Waals surface area contributed by atoms with Crippen LogP contribution in [0.4, 0.5) is 5.69 Å². The fourth-order valence-electron chi connectivity index (χ4n) is 3.63. The van der Waals surface area contributed by atoms with Crippen LogP contribution >= 0.6 is 0 Å². The number of anilines is 1. The van der Waals surface area contributed by atoms with Crippen LogP contribution in [0.5, 0.6) is 5.75 Å². The number of carbonyl (C=O) groups is 1. The zero-order valence-corrected chi connectivity index (χ0v) is 15.5. The second-order valence-electron chi connectivity index (χ2n) is 7.95. The monoisotopic (exact) mass is 340 g/mol. The highest BCUT2D eigenvalue weighted by atomic mass is 16.5. The first-order valence-electron chi connectivity index (χ1n) is 9.19.